The number of hydrogen-bond acceptors (Lipinski definition) is 3. The van der Waals surface area contributed by atoms with E-state index in [0.717, 1.165) is 43.0 Å². The fourth-order valence-corrected chi connectivity index (χ4v) is 3.14. The Morgan fingerprint density at radius 2 is 1.65 bits per heavy atom. The third kappa shape index (κ3) is 2.73. The molecule has 2 aromatic carbocycles. The molecule has 23 heavy (non-hydrogen) atoms. The molecular weight excluding hydrogens is 286 g/mol. The van der Waals surface area contributed by atoms with Gasteiger partial charge in [-0.15, -0.1) is 0 Å². The Morgan fingerprint density at radius 3 is 2.39 bits per heavy atom. The normalized spacial score (nSPS) is 14.6. The van der Waals surface area contributed by atoms with Gasteiger partial charge in [0.2, 0.25) is 5.88 Å². The zero-order valence-corrected chi connectivity index (χ0v) is 12.9. The van der Waals surface area contributed by atoms with Crippen LogP contribution in [0.2, 0.25) is 0 Å². The van der Waals surface area contributed by atoms with Crippen molar-refractivity contribution in [2.75, 3.05) is 6.54 Å². The first kappa shape index (κ1) is 14.0. The first-order chi connectivity index (χ1) is 11.3. The van der Waals surface area contributed by atoms with E-state index in [-0.39, 0.29) is 5.88 Å². The number of aromatic hydroxyl groups is 1. The molecule has 0 atom stereocenters. The van der Waals surface area contributed by atoms with Crippen molar-refractivity contribution in [2.45, 2.75) is 19.5 Å². The van der Waals surface area contributed by atoms with E-state index in [0.29, 0.717) is 0 Å². The van der Waals surface area contributed by atoms with Gasteiger partial charge < -0.3 is 5.11 Å². The average molecular weight is 305 g/mol. The van der Waals surface area contributed by atoms with Crippen LogP contribution < -0.4 is 0 Å². The summed E-state index contributed by atoms with van der Waals surface area (Å²) in [5, 5.41) is 15.2. The highest BCUT2D eigenvalue weighted by atomic mass is 16.3. The summed E-state index contributed by atoms with van der Waals surface area (Å²) in [6.45, 7) is 2.60. The van der Waals surface area contributed by atoms with Gasteiger partial charge in [0.05, 0.1) is 16.9 Å². The first-order valence-electron chi connectivity index (χ1n) is 7.93. The summed E-state index contributed by atoms with van der Waals surface area (Å²) in [5.41, 5.74) is 4.16. The molecule has 1 N–H and O–H groups in total. The largest absolute Gasteiger partial charge is 0.493 e. The maximum Gasteiger partial charge on any atom is 0.219 e. The second-order valence-corrected chi connectivity index (χ2v) is 5.94. The minimum absolute atomic E-state index is 0.268. The van der Waals surface area contributed by atoms with Gasteiger partial charge in [-0.05, 0) is 17.7 Å². The van der Waals surface area contributed by atoms with Crippen LogP contribution >= 0.6 is 0 Å². The smallest absolute Gasteiger partial charge is 0.219 e. The van der Waals surface area contributed by atoms with Gasteiger partial charge >= 0.3 is 0 Å². The van der Waals surface area contributed by atoms with Crippen LogP contribution in [-0.4, -0.2) is 26.3 Å². The molecule has 2 heterocycles. The number of aromatic nitrogens is 2. The van der Waals surface area contributed by atoms with Crippen molar-refractivity contribution in [3.63, 3.8) is 0 Å². The van der Waals surface area contributed by atoms with E-state index in [9.17, 15) is 5.11 Å². The molecule has 0 bridgehead atoms. The Hall–Kier alpha value is -2.59. The molecule has 4 rings (SSSR count). The second-order valence-electron chi connectivity index (χ2n) is 5.94. The predicted molar refractivity (Wildman–Crippen MR) is 89.5 cm³/mol. The zero-order valence-electron chi connectivity index (χ0n) is 12.9. The van der Waals surface area contributed by atoms with Gasteiger partial charge in [-0.25, -0.2) is 4.68 Å². The number of rotatable bonds is 3. The molecule has 4 heteroatoms. The molecule has 0 saturated carbocycles. The molecule has 1 aromatic heterocycles. The molecule has 4 nitrogen and oxygen atoms in total. The molecule has 0 aliphatic carbocycles. The van der Waals surface area contributed by atoms with E-state index in [1.54, 1.807) is 4.68 Å². The van der Waals surface area contributed by atoms with Crippen LogP contribution in [0.25, 0.3) is 5.69 Å². The third-order valence-corrected chi connectivity index (χ3v) is 4.34. The average Bonchev–Trinajstić information content (AvgIpc) is 2.93. The Morgan fingerprint density at radius 1 is 0.957 bits per heavy atom. The Kier molecular flexibility index (Phi) is 3.60. The van der Waals surface area contributed by atoms with Crippen molar-refractivity contribution in [1.29, 1.82) is 0 Å². The number of para-hydroxylation sites is 1. The van der Waals surface area contributed by atoms with Crippen molar-refractivity contribution < 1.29 is 5.11 Å². The van der Waals surface area contributed by atoms with Crippen LogP contribution in [0.3, 0.4) is 0 Å². The van der Waals surface area contributed by atoms with Crippen molar-refractivity contribution >= 4 is 0 Å². The standard InChI is InChI=1S/C19H19N3O/c23-19-17-14-21(13-15-7-3-1-4-8-15)12-11-18(17)20-22(19)16-9-5-2-6-10-16/h1-10,23H,11-14H2. The van der Waals surface area contributed by atoms with Crippen LogP contribution in [0, 0.1) is 0 Å². The van der Waals surface area contributed by atoms with E-state index in [2.05, 4.69) is 34.3 Å². The number of benzene rings is 2. The van der Waals surface area contributed by atoms with E-state index in [1.165, 1.54) is 5.56 Å². The second kappa shape index (κ2) is 5.89. The fourth-order valence-electron chi connectivity index (χ4n) is 3.14. The molecule has 0 fully saturated rings. The Labute approximate surface area is 135 Å². The summed E-state index contributed by atoms with van der Waals surface area (Å²) >= 11 is 0. The monoisotopic (exact) mass is 305 g/mol. The lowest BCUT2D eigenvalue weighted by Gasteiger charge is -2.26. The highest BCUT2D eigenvalue weighted by Crippen LogP contribution is 2.30. The zero-order chi connectivity index (χ0) is 15.6. The van der Waals surface area contributed by atoms with Crippen LogP contribution in [0.1, 0.15) is 16.8 Å². The molecule has 0 unspecified atom stereocenters. The molecular formula is C19H19N3O. The summed E-state index contributed by atoms with van der Waals surface area (Å²) in [6, 6.07) is 20.2. The summed E-state index contributed by atoms with van der Waals surface area (Å²) < 4.78 is 1.65. The maximum atomic E-state index is 10.6. The molecule has 0 saturated heterocycles. The van der Waals surface area contributed by atoms with Crippen molar-refractivity contribution in [2.24, 2.45) is 0 Å². The van der Waals surface area contributed by atoms with E-state index in [4.69, 9.17) is 0 Å². The van der Waals surface area contributed by atoms with Gasteiger partial charge in [0, 0.05) is 26.1 Å². The molecule has 0 amide bonds. The van der Waals surface area contributed by atoms with Crippen LogP contribution in [0.4, 0.5) is 0 Å². The van der Waals surface area contributed by atoms with Crippen LogP contribution in [0.15, 0.2) is 60.7 Å². The van der Waals surface area contributed by atoms with E-state index in [1.807, 2.05) is 36.4 Å². The maximum absolute atomic E-state index is 10.6. The number of nitrogens with zero attached hydrogens (tertiary/aromatic N) is 3. The third-order valence-electron chi connectivity index (χ3n) is 4.34. The van der Waals surface area contributed by atoms with Crippen LogP contribution in [0.5, 0.6) is 5.88 Å². The quantitative estimate of drug-likeness (QED) is 0.808. The SMILES string of the molecule is Oc1c2c(nn1-c1ccccc1)CCN(Cc1ccccc1)C2. The molecule has 116 valence electrons. The number of fused-ring (bicyclic) bond motifs is 1. The lowest BCUT2D eigenvalue weighted by molar-refractivity contribution is 0.241. The first-order valence-corrected chi connectivity index (χ1v) is 7.93. The summed E-state index contributed by atoms with van der Waals surface area (Å²) in [4.78, 5) is 2.36. The lowest BCUT2D eigenvalue weighted by atomic mass is 10.1. The highest BCUT2D eigenvalue weighted by Gasteiger charge is 2.25. The van der Waals surface area contributed by atoms with E-state index >= 15 is 0 Å². The number of hydrogen-bond donors (Lipinski definition) is 1. The minimum atomic E-state index is 0.268. The lowest BCUT2D eigenvalue weighted by Crippen LogP contribution is -2.29. The molecule has 3 aromatic rings. The summed E-state index contributed by atoms with van der Waals surface area (Å²) in [6.07, 6.45) is 0.871. The fraction of sp³-hybridized carbons (Fsp3) is 0.211. The van der Waals surface area contributed by atoms with Crippen molar-refractivity contribution in [1.82, 2.24) is 14.7 Å². The Bertz CT molecular complexity index is 796. The van der Waals surface area contributed by atoms with Crippen molar-refractivity contribution in [3.8, 4) is 11.6 Å². The topological polar surface area (TPSA) is 41.3 Å². The van der Waals surface area contributed by atoms with E-state index < -0.39 is 0 Å². The van der Waals surface area contributed by atoms with Gasteiger partial charge in [0.15, 0.2) is 0 Å². The Balaban J connectivity index is 1.59. The molecule has 1 aliphatic heterocycles. The van der Waals surface area contributed by atoms with Gasteiger partial charge in [0.25, 0.3) is 0 Å². The van der Waals surface area contributed by atoms with Gasteiger partial charge in [-0.1, -0.05) is 48.5 Å². The van der Waals surface area contributed by atoms with Crippen molar-refractivity contribution in [3.05, 3.63) is 77.5 Å². The van der Waals surface area contributed by atoms with Crippen LogP contribution in [-0.2, 0) is 19.5 Å². The molecule has 1 aliphatic rings. The predicted octanol–water partition coefficient (Wildman–Crippen LogP) is 3.14. The summed E-state index contributed by atoms with van der Waals surface area (Å²) in [7, 11) is 0. The van der Waals surface area contributed by atoms with Gasteiger partial charge in [-0.3, -0.25) is 4.90 Å². The minimum Gasteiger partial charge on any atom is -0.493 e. The summed E-state index contributed by atoms with van der Waals surface area (Å²) in [5.74, 6) is 0.268. The highest BCUT2D eigenvalue weighted by molar-refractivity contribution is 5.41. The molecule has 0 radical (unpaired) electrons. The van der Waals surface area contributed by atoms with Gasteiger partial charge in [-0.2, -0.15) is 5.10 Å². The van der Waals surface area contributed by atoms with Gasteiger partial charge in [0.1, 0.15) is 0 Å². The molecule has 0 spiro atoms.